The summed E-state index contributed by atoms with van der Waals surface area (Å²) in [6, 6.07) is 1.03. The number of halogens is 3. The molecule has 1 amide bonds. The van der Waals surface area contributed by atoms with Gasteiger partial charge in [-0.3, -0.25) is 9.89 Å². The molecule has 1 aliphatic rings. The normalized spacial score (nSPS) is 19.1. The molecule has 1 saturated heterocycles. The lowest BCUT2D eigenvalue weighted by Crippen LogP contribution is -2.39. The van der Waals surface area contributed by atoms with Gasteiger partial charge in [0.15, 0.2) is 5.69 Å². The van der Waals surface area contributed by atoms with Crippen LogP contribution in [0.4, 0.5) is 13.2 Å². The van der Waals surface area contributed by atoms with Crippen LogP contribution in [0.5, 0.6) is 0 Å². The Balaban J connectivity index is 1.73. The molecule has 3 heterocycles. The lowest BCUT2D eigenvalue weighted by Gasteiger charge is -2.31. The highest BCUT2D eigenvalue weighted by Gasteiger charge is 2.35. The summed E-state index contributed by atoms with van der Waals surface area (Å²) in [4.78, 5) is 20.9. The number of piperidine rings is 1. The number of nitrogens with one attached hydrogen (secondary N) is 2. The predicted molar refractivity (Wildman–Crippen MR) is 74.8 cm³/mol. The molecule has 9 heteroatoms. The van der Waals surface area contributed by atoms with Crippen LogP contribution < -0.4 is 0 Å². The van der Waals surface area contributed by atoms with E-state index in [0.29, 0.717) is 36.7 Å². The molecule has 23 heavy (non-hydrogen) atoms. The molecular weight excluding hydrogens is 311 g/mol. The molecule has 0 aliphatic carbocycles. The van der Waals surface area contributed by atoms with Crippen LogP contribution in [0.3, 0.4) is 0 Å². The predicted octanol–water partition coefficient (Wildman–Crippen LogP) is 2.48. The Labute approximate surface area is 130 Å². The van der Waals surface area contributed by atoms with Crippen LogP contribution in [0.25, 0.3) is 0 Å². The first-order chi connectivity index (χ1) is 10.8. The molecule has 0 aromatic carbocycles. The van der Waals surface area contributed by atoms with Gasteiger partial charge in [-0.25, -0.2) is 4.98 Å². The van der Waals surface area contributed by atoms with E-state index < -0.39 is 11.9 Å². The van der Waals surface area contributed by atoms with Crippen LogP contribution >= 0.6 is 0 Å². The molecule has 0 bridgehead atoms. The van der Waals surface area contributed by atoms with Crippen molar-refractivity contribution in [3.8, 4) is 0 Å². The van der Waals surface area contributed by atoms with Gasteiger partial charge in [0.1, 0.15) is 11.5 Å². The van der Waals surface area contributed by atoms with E-state index in [9.17, 15) is 18.0 Å². The molecule has 0 saturated carbocycles. The average molecular weight is 327 g/mol. The number of rotatable bonds is 2. The molecule has 1 aliphatic heterocycles. The van der Waals surface area contributed by atoms with Crippen molar-refractivity contribution in [3.63, 3.8) is 0 Å². The van der Waals surface area contributed by atoms with Crippen molar-refractivity contribution >= 4 is 5.91 Å². The number of carbonyl (C=O) groups excluding carboxylic acids is 1. The van der Waals surface area contributed by atoms with Crippen LogP contribution in [-0.2, 0) is 6.18 Å². The number of carbonyl (C=O) groups is 1. The molecule has 1 atom stereocenters. The molecule has 3 rings (SSSR count). The maximum atomic E-state index is 12.6. The van der Waals surface area contributed by atoms with E-state index in [-0.39, 0.29) is 11.8 Å². The summed E-state index contributed by atoms with van der Waals surface area (Å²) in [5, 5.41) is 5.78. The number of aromatic amines is 2. The summed E-state index contributed by atoms with van der Waals surface area (Å²) >= 11 is 0. The highest BCUT2D eigenvalue weighted by molar-refractivity contribution is 5.92. The molecule has 2 N–H and O–H groups in total. The smallest absolute Gasteiger partial charge is 0.338 e. The topological polar surface area (TPSA) is 77.7 Å². The van der Waals surface area contributed by atoms with Gasteiger partial charge in [0.05, 0.1) is 6.20 Å². The molecule has 0 spiro atoms. The number of aryl methyl sites for hydroxylation is 1. The van der Waals surface area contributed by atoms with Crippen LogP contribution in [0.1, 0.15) is 46.5 Å². The second kappa shape index (κ2) is 5.71. The average Bonchev–Trinajstić information content (AvgIpc) is 3.15. The largest absolute Gasteiger partial charge is 0.435 e. The summed E-state index contributed by atoms with van der Waals surface area (Å²) in [6.45, 7) is 2.68. The third-order valence-electron chi connectivity index (χ3n) is 3.97. The Morgan fingerprint density at radius 2 is 2.22 bits per heavy atom. The van der Waals surface area contributed by atoms with Crippen LogP contribution in [0.15, 0.2) is 12.3 Å². The number of amides is 1. The van der Waals surface area contributed by atoms with Crippen LogP contribution in [0, 0.1) is 6.92 Å². The van der Waals surface area contributed by atoms with E-state index in [2.05, 4.69) is 20.2 Å². The Morgan fingerprint density at radius 1 is 1.43 bits per heavy atom. The quantitative estimate of drug-likeness (QED) is 0.889. The first-order valence-electron chi connectivity index (χ1n) is 7.28. The fourth-order valence-electron chi connectivity index (χ4n) is 2.81. The van der Waals surface area contributed by atoms with Crippen molar-refractivity contribution in [3.05, 3.63) is 35.2 Å². The number of likely N-dealkylation sites (tertiary alicyclic amines) is 1. The van der Waals surface area contributed by atoms with Crippen LogP contribution in [0.2, 0.25) is 0 Å². The second-order valence-electron chi connectivity index (χ2n) is 5.68. The highest BCUT2D eigenvalue weighted by atomic mass is 19.4. The summed E-state index contributed by atoms with van der Waals surface area (Å²) < 4.78 is 37.9. The number of imidazole rings is 1. The van der Waals surface area contributed by atoms with E-state index in [1.54, 1.807) is 11.8 Å². The first kappa shape index (κ1) is 15.6. The Kier molecular flexibility index (Phi) is 3.87. The molecule has 2 aromatic rings. The summed E-state index contributed by atoms with van der Waals surface area (Å²) in [6.07, 6.45) is -1.55. The first-order valence-corrected chi connectivity index (χ1v) is 7.28. The standard InChI is InChI=1S/C14H16F3N5O/c1-8-18-6-11(19-8)13(23)22-4-2-3-9(7-22)10-5-12(21-20-10)14(15,16)17/h5-6,9H,2-4,7H2,1H3,(H,18,19)(H,20,21)/t9-/m0/s1. The van der Waals surface area contributed by atoms with E-state index in [4.69, 9.17) is 0 Å². The number of hydrogen-bond donors (Lipinski definition) is 2. The Bertz CT molecular complexity index is 705. The zero-order chi connectivity index (χ0) is 16.6. The van der Waals surface area contributed by atoms with E-state index >= 15 is 0 Å². The fraction of sp³-hybridized carbons (Fsp3) is 0.500. The maximum Gasteiger partial charge on any atom is 0.435 e. The maximum absolute atomic E-state index is 12.6. The van der Waals surface area contributed by atoms with Crippen molar-refractivity contribution in [2.75, 3.05) is 13.1 Å². The lowest BCUT2D eigenvalue weighted by atomic mass is 9.94. The molecule has 0 unspecified atom stereocenters. The number of alkyl halides is 3. The third-order valence-corrected chi connectivity index (χ3v) is 3.97. The Morgan fingerprint density at radius 3 is 2.83 bits per heavy atom. The molecule has 2 aromatic heterocycles. The zero-order valence-corrected chi connectivity index (χ0v) is 12.4. The number of aromatic nitrogens is 4. The molecular formula is C14H16F3N5O. The summed E-state index contributed by atoms with van der Waals surface area (Å²) in [5.41, 5.74) is -0.125. The Hall–Kier alpha value is -2.32. The third kappa shape index (κ3) is 3.22. The van der Waals surface area contributed by atoms with Gasteiger partial charge in [0, 0.05) is 24.7 Å². The van der Waals surface area contributed by atoms with Crippen molar-refractivity contribution in [1.82, 2.24) is 25.1 Å². The minimum atomic E-state index is -4.47. The minimum absolute atomic E-state index is 0.180. The van der Waals surface area contributed by atoms with E-state index in [1.165, 1.54) is 6.20 Å². The van der Waals surface area contributed by atoms with Crippen molar-refractivity contribution in [2.45, 2.75) is 31.9 Å². The number of hydrogen-bond acceptors (Lipinski definition) is 3. The van der Waals surface area contributed by atoms with E-state index in [1.807, 2.05) is 0 Å². The SMILES string of the molecule is Cc1ncc(C(=O)N2CCC[C@H](c3cc(C(F)(F)F)n[nH]3)C2)[nH]1. The minimum Gasteiger partial charge on any atom is -0.338 e. The second-order valence-corrected chi connectivity index (χ2v) is 5.68. The molecule has 124 valence electrons. The van der Waals surface area contributed by atoms with Gasteiger partial charge in [0.25, 0.3) is 5.91 Å². The highest BCUT2D eigenvalue weighted by Crippen LogP contribution is 2.32. The lowest BCUT2D eigenvalue weighted by molar-refractivity contribution is -0.141. The van der Waals surface area contributed by atoms with Crippen molar-refractivity contribution in [1.29, 1.82) is 0 Å². The molecule has 0 radical (unpaired) electrons. The number of H-pyrrole nitrogens is 2. The fourth-order valence-corrected chi connectivity index (χ4v) is 2.81. The monoisotopic (exact) mass is 327 g/mol. The summed E-state index contributed by atoms with van der Waals surface area (Å²) in [5.74, 6) is 0.275. The van der Waals surface area contributed by atoms with Gasteiger partial charge < -0.3 is 9.88 Å². The molecule has 6 nitrogen and oxygen atoms in total. The van der Waals surface area contributed by atoms with Gasteiger partial charge in [-0.05, 0) is 25.8 Å². The van der Waals surface area contributed by atoms with Gasteiger partial charge in [-0.2, -0.15) is 18.3 Å². The number of nitrogens with zero attached hydrogens (tertiary/aromatic N) is 3. The van der Waals surface area contributed by atoms with Crippen molar-refractivity contribution < 1.29 is 18.0 Å². The van der Waals surface area contributed by atoms with Gasteiger partial charge >= 0.3 is 6.18 Å². The zero-order valence-electron chi connectivity index (χ0n) is 12.4. The van der Waals surface area contributed by atoms with Crippen LogP contribution in [-0.4, -0.2) is 44.1 Å². The van der Waals surface area contributed by atoms with E-state index in [0.717, 1.165) is 12.5 Å². The van der Waals surface area contributed by atoms with Gasteiger partial charge in [-0.15, -0.1) is 0 Å². The van der Waals surface area contributed by atoms with Gasteiger partial charge in [-0.1, -0.05) is 0 Å². The van der Waals surface area contributed by atoms with Crippen molar-refractivity contribution in [2.24, 2.45) is 0 Å². The summed E-state index contributed by atoms with van der Waals surface area (Å²) in [7, 11) is 0. The molecule has 1 fully saturated rings. The van der Waals surface area contributed by atoms with Gasteiger partial charge in [0.2, 0.25) is 0 Å².